The first kappa shape index (κ1) is 28.9. The molecule has 1 aliphatic heterocycles. The molecule has 0 saturated carbocycles. The van der Waals surface area contributed by atoms with E-state index in [4.69, 9.17) is 28.8 Å². The maximum Gasteiger partial charge on any atom is 0.417 e. The van der Waals surface area contributed by atoms with Gasteiger partial charge in [-0.2, -0.15) is 0 Å². The van der Waals surface area contributed by atoms with E-state index in [2.05, 4.69) is 10.6 Å². The van der Waals surface area contributed by atoms with Crippen molar-refractivity contribution in [1.29, 1.82) is 0 Å². The highest BCUT2D eigenvalue weighted by atomic mass is 16.7. The van der Waals surface area contributed by atoms with Crippen molar-refractivity contribution in [3.63, 3.8) is 0 Å². The van der Waals surface area contributed by atoms with Gasteiger partial charge in [-0.15, -0.1) is 0 Å². The molecule has 3 rings (SSSR count). The molecule has 206 valence electrons. The second-order valence-corrected chi connectivity index (χ2v) is 8.41. The number of carbonyl (C=O) groups is 3. The van der Waals surface area contributed by atoms with E-state index in [0.29, 0.717) is 25.3 Å². The number of benzene rings is 2. The van der Waals surface area contributed by atoms with E-state index in [1.165, 1.54) is 12.1 Å². The molecule has 4 N–H and O–H groups in total. The van der Waals surface area contributed by atoms with Crippen molar-refractivity contribution >= 4 is 17.8 Å². The lowest BCUT2D eigenvalue weighted by Gasteiger charge is -2.30. The Kier molecular flexibility index (Phi) is 11.8. The molecule has 2 aromatic rings. The molecule has 1 saturated heterocycles. The lowest BCUT2D eigenvalue weighted by atomic mass is 10.1. The molecule has 1 fully saturated rings. The fourth-order valence-corrected chi connectivity index (χ4v) is 3.46. The Morgan fingerprint density at radius 2 is 1.76 bits per heavy atom. The van der Waals surface area contributed by atoms with E-state index in [9.17, 15) is 19.5 Å². The zero-order valence-electron chi connectivity index (χ0n) is 20.7. The van der Waals surface area contributed by atoms with Crippen LogP contribution in [0.5, 0.6) is 11.5 Å². The number of phenolic OH excluding ortho intramolecular Hbond substituents is 1. The minimum absolute atomic E-state index is 0.0864. The van der Waals surface area contributed by atoms with Crippen LogP contribution in [-0.4, -0.2) is 92.6 Å². The monoisotopic (exact) mass is 532 g/mol. The van der Waals surface area contributed by atoms with Gasteiger partial charge >= 0.3 is 11.9 Å². The minimum atomic E-state index is -1.71. The van der Waals surface area contributed by atoms with E-state index < -0.39 is 24.3 Å². The number of carbonyl (C=O) groups excluding carboxylic acids is 2. The van der Waals surface area contributed by atoms with E-state index >= 15 is 0 Å². The fourth-order valence-electron chi connectivity index (χ4n) is 3.46. The van der Waals surface area contributed by atoms with Crippen LogP contribution in [0.15, 0.2) is 54.6 Å². The Balaban J connectivity index is 1.32. The molecule has 1 aliphatic rings. The van der Waals surface area contributed by atoms with Gasteiger partial charge in [0.15, 0.2) is 12.9 Å². The number of hydrogen-bond acceptors (Lipinski definition) is 10. The largest absolute Gasteiger partial charge is 0.508 e. The maximum absolute atomic E-state index is 11.9. The van der Waals surface area contributed by atoms with Gasteiger partial charge in [0.1, 0.15) is 17.6 Å². The summed E-state index contributed by atoms with van der Waals surface area (Å²) in [7, 11) is 0. The van der Waals surface area contributed by atoms with E-state index in [0.717, 1.165) is 5.56 Å². The van der Waals surface area contributed by atoms with Gasteiger partial charge in [-0.1, -0.05) is 30.3 Å². The number of rotatable bonds is 14. The van der Waals surface area contributed by atoms with Crippen molar-refractivity contribution in [2.75, 3.05) is 46.1 Å². The van der Waals surface area contributed by atoms with Crippen LogP contribution in [-0.2, 0) is 39.8 Å². The molecule has 12 nitrogen and oxygen atoms in total. The number of aliphatic carboxylic acids is 1. The highest BCUT2D eigenvalue weighted by molar-refractivity contribution is 6.28. The molecule has 0 bridgehead atoms. The molecular weight excluding hydrogens is 500 g/mol. The summed E-state index contributed by atoms with van der Waals surface area (Å²) in [5.41, 5.74) is 1.13. The Morgan fingerprint density at radius 3 is 2.45 bits per heavy atom. The summed E-state index contributed by atoms with van der Waals surface area (Å²) in [5, 5.41) is 23.8. The summed E-state index contributed by atoms with van der Waals surface area (Å²) < 4.78 is 27.4. The van der Waals surface area contributed by atoms with Crippen LogP contribution in [0, 0.1) is 0 Å². The average molecular weight is 533 g/mol. The maximum atomic E-state index is 11.9. The number of amides is 1. The summed E-state index contributed by atoms with van der Waals surface area (Å²) in [4.78, 5) is 34.4. The predicted molar refractivity (Wildman–Crippen MR) is 133 cm³/mol. The number of carboxylic acid groups (broad SMARTS) is 1. The van der Waals surface area contributed by atoms with Gasteiger partial charge in [-0.25, -0.2) is 9.59 Å². The smallest absolute Gasteiger partial charge is 0.417 e. The van der Waals surface area contributed by atoms with Crippen molar-refractivity contribution in [2.24, 2.45) is 0 Å². The minimum Gasteiger partial charge on any atom is -0.508 e. The lowest BCUT2D eigenvalue weighted by molar-refractivity contribution is -0.241. The van der Waals surface area contributed by atoms with Crippen LogP contribution in [0.1, 0.15) is 5.56 Å². The molecule has 3 unspecified atom stereocenters. The Bertz CT molecular complexity index is 1010. The first-order valence-corrected chi connectivity index (χ1v) is 12.1. The van der Waals surface area contributed by atoms with E-state index in [1.54, 1.807) is 12.1 Å². The number of aromatic hydroxyl groups is 1. The molecule has 3 atom stereocenters. The van der Waals surface area contributed by atoms with Gasteiger partial charge in [0.2, 0.25) is 0 Å². The summed E-state index contributed by atoms with van der Waals surface area (Å²) >= 11 is 0. The number of phenols is 1. The number of nitrogens with one attached hydrogen (secondary N) is 2. The van der Waals surface area contributed by atoms with Crippen LogP contribution < -0.4 is 15.4 Å². The molecule has 1 amide bonds. The molecule has 1 heterocycles. The Morgan fingerprint density at radius 1 is 1.00 bits per heavy atom. The highest BCUT2D eigenvalue weighted by Gasteiger charge is 2.26. The van der Waals surface area contributed by atoms with Gasteiger partial charge in [0, 0.05) is 26.1 Å². The van der Waals surface area contributed by atoms with Gasteiger partial charge in [0.05, 0.1) is 25.9 Å². The van der Waals surface area contributed by atoms with E-state index in [-0.39, 0.29) is 50.7 Å². The second kappa shape index (κ2) is 15.5. The second-order valence-electron chi connectivity index (χ2n) is 8.41. The van der Waals surface area contributed by atoms with Crippen molar-refractivity contribution in [1.82, 2.24) is 10.6 Å². The molecule has 38 heavy (non-hydrogen) atoms. The predicted octanol–water partition coefficient (Wildman–Crippen LogP) is 0.474. The van der Waals surface area contributed by atoms with Gasteiger partial charge in [0.25, 0.3) is 5.91 Å². The SMILES string of the molecule is O=C(COc1ccc(O)cc1)NCCNCC(COC1COC(Cc2ccccc2)CO1)OC(=O)C(=O)O. The zero-order valence-corrected chi connectivity index (χ0v) is 20.7. The topological polar surface area (TPSA) is 162 Å². The van der Waals surface area contributed by atoms with Gasteiger partial charge < -0.3 is 44.5 Å². The number of ether oxygens (including phenoxy) is 5. The van der Waals surface area contributed by atoms with Crippen molar-refractivity contribution < 1.29 is 48.3 Å². The molecule has 0 aromatic heterocycles. The molecule has 12 heteroatoms. The summed E-state index contributed by atoms with van der Waals surface area (Å²) in [6, 6.07) is 15.9. The summed E-state index contributed by atoms with van der Waals surface area (Å²) in [6.45, 7) is 0.847. The summed E-state index contributed by atoms with van der Waals surface area (Å²) in [6.07, 6.45) is -0.990. The first-order valence-electron chi connectivity index (χ1n) is 12.1. The highest BCUT2D eigenvalue weighted by Crippen LogP contribution is 2.16. The van der Waals surface area contributed by atoms with Crippen LogP contribution in [0.2, 0.25) is 0 Å². The van der Waals surface area contributed by atoms with Gasteiger partial charge in [-0.3, -0.25) is 4.79 Å². The normalized spacial score (nSPS) is 17.8. The van der Waals surface area contributed by atoms with Crippen molar-refractivity contribution in [2.45, 2.75) is 24.9 Å². The van der Waals surface area contributed by atoms with Crippen LogP contribution >= 0.6 is 0 Å². The molecule has 2 aromatic carbocycles. The molecule has 0 spiro atoms. The Hall–Kier alpha value is -3.71. The Labute approximate surface area is 219 Å². The standard InChI is InChI=1S/C26H32N2O10/c29-19-6-8-20(9-7-19)34-16-23(30)28-11-10-27-13-22(38-26(33)25(31)32)15-37-24-17-35-21(14-36-24)12-18-4-2-1-3-5-18/h1-9,21-22,24,27,29H,10-17H2,(H,28,30)(H,31,32). The van der Waals surface area contributed by atoms with Crippen molar-refractivity contribution in [3.8, 4) is 11.5 Å². The summed E-state index contributed by atoms with van der Waals surface area (Å²) in [5.74, 6) is -2.92. The van der Waals surface area contributed by atoms with Crippen LogP contribution in [0.4, 0.5) is 0 Å². The van der Waals surface area contributed by atoms with Crippen molar-refractivity contribution in [3.05, 3.63) is 60.2 Å². The van der Waals surface area contributed by atoms with Crippen LogP contribution in [0.3, 0.4) is 0 Å². The third kappa shape index (κ3) is 10.7. The van der Waals surface area contributed by atoms with Gasteiger partial charge in [-0.05, 0) is 29.8 Å². The fraction of sp³-hybridized carbons (Fsp3) is 0.423. The third-order valence-electron chi connectivity index (χ3n) is 5.36. The molecule has 0 aliphatic carbocycles. The average Bonchev–Trinajstić information content (AvgIpc) is 2.92. The number of esters is 1. The van der Waals surface area contributed by atoms with E-state index in [1.807, 2.05) is 30.3 Å². The lowest BCUT2D eigenvalue weighted by Crippen LogP contribution is -2.43. The first-order chi connectivity index (χ1) is 18.4. The quantitative estimate of drug-likeness (QED) is 0.152. The number of carboxylic acids is 1. The molecular formula is C26H32N2O10. The zero-order chi connectivity index (χ0) is 27.2. The molecule has 0 radical (unpaired) electrons. The van der Waals surface area contributed by atoms with Crippen LogP contribution in [0.25, 0.3) is 0 Å². The number of hydrogen-bond donors (Lipinski definition) is 4. The third-order valence-corrected chi connectivity index (χ3v) is 5.36.